The quantitative estimate of drug-likeness (QED) is 0.459. The van der Waals surface area contributed by atoms with Crippen molar-refractivity contribution in [2.24, 2.45) is 0 Å². The predicted octanol–water partition coefficient (Wildman–Crippen LogP) is 5.72. The first-order chi connectivity index (χ1) is 11.2. The van der Waals surface area contributed by atoms with E-state index in [1.165, 1.54) is 20.5 Å². The molecular weight excluding hydrogens is 322 g/mol. The summed E-state index contributed by atoms with van der Waals surface area (Å²) in [6.07, 6.45) is 1.44. The number of thiophene rings is 1. The van der Waals surface area contributed by atoms with Gasteiger partial charge in [-0.1, -0.05) is 17.7 Å². The van der Waals surface area contributed by atoms with Gasteiger partial charge in [0, 0.05) is 21.7 Å². The number of hydrogen-bond donors (Lipinski definition) is 1. The van der Waals surface area contributed by atoms with Gasteiger partial charge >= 0.3 is 0 Å². The lowest BCUT2D eigenvalue weighted by molar-refractivity contribution is -0.116. The van der Waals surface area contributed by atoms with Crippen molar-refractivity contribution in [3.05, 3.63) is 59.5 Å². The van der Waals surface area contributed by atoms with Gasteiger partial charge in [0.15, 0.2) is 0 Å². The minimum atomic E-state index is 0.0871. The van der Waals surface area contributed by atoms with Gasteiger partial charge in [-0.3, -0.25) is 4.79 Å². The number of amides is 1. The Bertz CT molecular complexity index is 792. The number of anilines is 1. The molecule has 3 aromatic rings. The minimum absolute atomic E-state index is 0.0871. The summed E-state index contributed by atoms with van der Waals surface area (Å²) in [5, 5.41) is 6.24. The van der Waals surface area contributed by atoms with Crippen molar-refractivity contribution in [2.75, 3.05) is 11.1 Å². The van der Waals surface area contributed by atoms with Crippen molar-refractivity contribution in [2.45, 2.75) is 24.7 Å². The van der Waals surface area contributed by atoms with Crippen LogP contribution in [0.3, 0.4) is 0 Å². The average Bonchev–Trinajstić information content (AvgIpc) is 3.01. The second-order valence-electron chi connectivity index (χ2n) is 5.49. The standard InChI is InChI=1S/C19H19NOS2/c1-14-4-7-17(8-5-14)22-11-2-3-19(21)20-16-6-9-18-15(13-16)10-12-23-18/h4-10,12-13H,2-3,11H2,1H3,(H,20,21). The molecule has 0 saturated carbocycles. The van der Waals surface area contributed by atoms with E-state index >= 15 is 0 Å². The Balaban J connectivity index is 1.43. The number of rotatable bonds is 6. The normalized spacial score (nSPS) is 10.8. The summed E-state index contributed by atoms with van der Waals surface area (Å²) in [7, 11) is 0. The summed E-state index contributed by atoms with van der Waals surface area (Å²) in [5.74, 6) is 1.05. The number of benzene rings is 2. The molecule has 2 nitrogen and oxygen atoms in total. The second kappa shape index (κ2) is 7.66. The summed E-state index contributed by atoms with van der Waals surface area (Å²) in [6, 6.07) is 16.6. The van der Waals surface area contributed by atoms with Crippen LogP contribution in [0.5, 0.6) is 0 Å². The van der Waals surface area contributed by atoms with Gasteiger partial charge in [-0.05, 0) is 66.3 Å². The first kappa shape index (κ1) is 16.1. The van der Waals surface area contributed by atoms with Gasteiger partial charge in [0.1, 0.15) is 0 Å². The van der Waals surface area contributed by atoms with Crippen LogP contribution in [0, 0.1) is 6.92 Å². The fraction of sp³-hybridized carbons (Fsp3) is 0.211. The Kier molecular flexibility index (Phi) is 5.36. The highest BCUT2D eigenvalue weighted by molar-refractivity contribution is 7.99. The van der Waals surface area contributed by atoms with Crippen molar-refractivity contribution in [3.8, 4) is 0 Å². The van der Waals surface area contributed by atoms with Crippen LogP contribution in [-0.4, -0.2) is 11.7 Å². The van der Waals surface area contributed by atoms with Gasteiger partial charge in [-0.25, -0.2) is 0 Å². The molecule has 0 spiro atoms. The molecule has 0 fully saturated rings. The maximum Gasteiger partial charge on any atom is 0.224 e. The molecule has 0 radical (unpaired) electrons. The molecule has 23 heavy (non-hydrogen) atoms. The molecule has 0 aliphatic rings. The SMILES string of the molecule is Cc1ccc(SCCCC(=O)Nc2ccc3sccc3c2)cc1. The molecule has 0 atom stereocenters. The van der Waals surface area contributed by atoms with Crippen molar-refractivity contribution < 1.29 is 4.79 Å². The maximum absolute atomic E-state index is 12.0. The largest absolute Gasteiger partial charge is 0.326 e. The van der Waals surface area contributed by atoms with Crippen molar-refractivity contribution >= 4 is 44.8 Å². The van der Waals surface area contributed by atoms with E-state index in [9.17, 15) is 4.79 Å². The topological polar surface area (TPSA) is 29.1 Å². The third-order valence-electron chi connectivity index (χ3n) is 3.57. The van der Waals surface area contributed by atoms with E-state index in [1.54, 1.807) is 23.1 Å². The lowest BCUT2D eigenvalue weighted by Gasteiger charge is -2.06. The zero-order chi connectivity index (χ0) is 16.1. The first-order valence-electron chi connectivity index (χ1n) is 7.67. The lowest BCUT2D eigenvalue weighted by Crippen LogP contribution is -2.11. The van der Waals surface area contributed by atoms with E-state index in [4.69, 9.17) is 0 Å². The van der Waals surface area contributed by atoms with Crippen LogP contribution in [0.25, 0.3) is 10.1 Å². The molecule has 118 valence electrons. The fourth-order valence-electron chi connectivity index (χ4n) is 2.33. The summed E-state index contributed by atoms with van der Waals surface area (Å²) < 4.78 is 1.25. The molecule has 3 rings (SSSR count). The summed E-state index contributed by atoms with van der Waals surface area (Å²) in [4.78, 5) is 13.3. The van der Waals surface area contributed by atoms with Crippen molar-refractivity contribution in [3.63, 3.8) is 0 Å². The van der Waals surface area contributed by atoms with Crippen LogP contribution < -0.4 is 5.32 Å². The lowest BCUT2D eigenvalue weighted by atomic mass is 10.2. The highest BCUT2D eigenvalue weighted by Gasteiger charge is 2.04. The van der Waals surface area contributed by atoms with Gasteiger partial charge in [0.25, 0.3) is 0 Å². The monoisotopic (exact) mass is 341 g/mol. The molecule has 1 N–H and O–H groups in total. The molecule has 1 aromatic heterocycles. The van der Waals surface area contributed by atoms with E-state index in [-0.39, 0.29) is 5.91 Å². The van der Waals surface area contributed by atoms with Gasteiger partial charge in [-0.2, -0.15) is 0 Å². The highest BCUT2D eigenvalue weighted by atomic mass is 32.2. The Morgan fingerprint density at radius 3 is 2.78 bits per heavy atom. The van der Waals surface area contributed by atoms with E-state index in [0.29, 0.717) is 6.42 Å². The van der Waals surface area contributed by atoms with Gasteiger partial charge in [0.05, 0.1) is 0 Å². The Morgan fingerprint density at radius 1 is 1.13 bits per heavy atom. The van der Waals surface area contributed by atoms with Crippen LogP contribution in [-0.2, 0) is 4.79 Å². The number of aryl methyl sites for hydroxylation is 1. The number of fused-ring (bicyclic) bond motifs is 1. The smallest absolute Gasteiger partial charge is 0.224 e. The van der Waals surface area contributed by atoms with Gasteiger partial charge in [0.2, 0.25) is 5.91 Å². The Labute approximate surface area is 144 Å². The van der Waals surface area contributed by atoms with Crippen LogP contribution in [0.15, 0.2) is 58.8 Å². The van der Waals surface area contributed by atoms with E-state index in [2.05, 4.69) is 54.0 Å². The molecule has 0 bridgehead atoms. The number of carbonyl (C=O) groups excluding carboxylic acids is 1. The number of nitrogens with one attached hydrogen (secondary N) is 1. The van der Waals surface area contributed by atoms with Crippen LogP contribution >= 0.6 is 23.1 Å². The Morgan fingerprint density at radius 2 is 1.96 bits per heavy atom. The molecule has 0 aliphatic heterocycles. The second-order valence-corrected chi connectivity index (χ2v) is 7.60. The third kappa shape index (κ3) is 4.60. The van der Waals surface area contributed by atoms with E-state index < -0.39 is 0 Å². The summed E-state index contributed by atoms with van der Waals surface area (Å²) in [6.45, 7) is 2.09. The minimum Gasteiger partial charge on any atom is -0.326 e. The highest BCUT2D eigenvalue weighted by Crippen LogP contribution is 2.24. The number of thioether (sulfide) groups is 1. The zero-order valence-corrected chi connectivity index (χ0v) is 14.7. The third-order valence-corrected chi connectivity index (χ3v) is 5.57. The molecule has 0 unspecified atom stereocenters. The van der Waals surface area contributed by atoms with E-state index in [0.717, 1.165) is 17.9 Å². The van der Waals surface area contributed by atoms with Gasteiger partial charge in [-0.15, -0.1) is 23.1 Å². The molecular formula is C19H19NOS2. The maximum atomic E-state index is 12.0. The Hall–Kier alpha value is -1.78. The summed E-state index contributed by atoms with van der Waals surface area (Å²) in [5.41, 5.74) is 2.16. The number of carbonyl (C=O) groups is 1. The van der Waals surface area contributed by atoms with Crippen molar-refractivity contribution in [1.29, 1.82) is 0 Å². The fourth-order valence-corrected chi connectivity index (χ4v) is 3.95. The van der Waals surface area contributed by atoms with Crippen molar-refractivity contribution in [1.82, 2.24) is 0 Å². The van der Waals surface area contributed by atoms with E-state index in [1.807, 2.05) is 12.1 Å². The number of hydrogen-bond acceptors (Lipinski definition) is 3. The predicted molar refractivity (Wildman–Crippen MR) is 102 cm³/mol. The molecule has 1 heterocycles. The average molecular weight is 342 g/mol. The molecule has 0 aliphatic carbocycles. The van der Waals surface area contributed by atoms with Crippen LogP contribution in [0.1, 0.15) is 18.4 Å². The van der Waals surface area contributed by atoms with Crippen LogP contribution in [0.4, 0.5) is 5.69 Å². The molecule has 1 amide bonds. The molecule has 2 aromatic carbocycles. The molecule has 0 saturated heterocycles. The molecule has 4 heteroatoms. The van der Waals surface area contributed by atoms with Crippen LogP contribution in [0.2, 0.25) is 0 Å². The first-order valence-corrected chi connectivity index (χ1v) is 9.54. The van der Waals surface area contributed by atoms with Gasteiger partial charge < -0.3 is 5.32 Å². The zero-order valence-electron chi connectivity index (χ0n) is 13.0. The summed E-state index contributed by atoms with van der Waals surface area (Å²) >= 11 is 3.52.